The van der Waals surface area contributed by atoms with Crippen molar-refractivity contribution >= 4 is 27.5 Å². The number of halogens is 1. The molecule has 0 heterocycles. The molecule has 1 rings (SSSR count). The quantitative estimate of drug-likeness (QED) is 0.837. The average Bonchev–Trinajstić information content (AvgIpc) is 2.30. The van der Waals surface area contributed by atoms with E-state index in [2.05, 4.69) is 4.72 Å². The minimum atomic E-state index is -3.64. The lowest BCUT2D eigenvalue weighted by atomic mass is 10.2. The van der Waals surface area contributed by atoms with Crippen LogP contribution in [0.15, 0.2) is 18.2 Å². The van der Waals surface area contributed by atoms with Gasteiger partial charge in [0, 0.05) is 20.2 Å². The highest BCUT2D eigenvalue weighted by molar-refractivity contribution is 7.90. The number of aliphatic hydroxyl groups is 1. The van der Waals surface area contributed by atoms with Gasteiger partial charge in [-0.3, -0.25) is 4.72 Å². The van der Waals surface area contributed by atoms with E-state index in [1.165, 1.54) is 7.05 Å². The van der Waals surface area contributed by atoms with Crippen molar-refractivity contribution in [2.45, 2.75) is 13.3 Å². The van der Waals surface area contributed by atoms with E-state index in [1.807, 2.05) is 6.92 Å². The second kappa shape index (κ2) is 6.38. The summed E-state index contributed by atoms with van der Waals surface area (Å²) in [7, 11) is -2.19. The first-order chi connectivity index (χ1) is 8.36. The summed E-state index contributed by atoms with van der Waals surface area (Å²) in [6, 6.07) is 5.11. The summed E-state index contributed by atoms with van der Waals surface area (Å²) in [6.07, 6.45) is 0.388. The van der Waals surface area contributed by atoms with Crippen LogP contribution in [0.5, 0.6) is 0 Å². The van der Waals surface area contributed by atoms with Gasteiger partial charge in [0.05, 0.1) is 10.7 Å². The van der Waals surface area contributed by atoms with Crippen LogP contribution in [0.1, 0.15) is 12.0 Å². The Labute approximate surface area is 113 Å². The van der Waals surface area contributed by atoms with Crippen LogP contribution >= 0.6 is 11.6 Å². The number of aryl methyl sites for hydroxylation is 1. The molecule has 0 atom stereocenters. The molecular formula is C11H17ClN2O3S. The fourth-order valence-electron chi connectivity index (χ4n) is 1.35. The molecular weight excluding hydrogens is 276 g/mol. The van der Waals surface area contributed by atoms with Crippen molar-refractivity contribution in [2.24, 2.45) is 0 Å². The van der Waals surface area contributed by atoms with E-state index < -0.39 is 10.2 Å². The van der Waals surface area contributed by atoms with Gasteiger partial charge in [0.1, 0.15) is 0 Å². The van der Waals surface area contributed by atoms with E-state index in [4.69, 9.17) is 16.7 Å². The third-order valence-electron chi connectivity index (χ3n) is 2.40. The van der Waals surface area contributed by atoms with Crippen LogP contribution in [0.4, 0.5) is 5.69 Å². The van der Waals surface area contributed by atoms with Crippen LogP contribution in [0.3, 0.4) is 0 Å². The molecule has 7 heteroatoms. The van der Waals surface area contributed by atoms with Gasteiger partial charge in [-0.05, 0) is 31.0 Å². The molecule has 0 aromatic heterocycles. The smallest absolute Gasteiger partial charge is 0.301 e. The van der Waals surface area contributed by atoms with E-state index in [-0.39, 0.29) is 13.2 Å². The zero-order chi connectivity index (χ0) is 13.8. The first-order valence-electron chi connectivity index (χ1n) is 5.48. The minimum absolute atomic E-state index is 0.0505. The molecule has 0 amide bonds. The summed E-state index contributed by atoms with van der Waals surface area (Å²) in [5, 5.41) is 9.04. The molecule has 0 aliphatic heterocycles. The predicted molar refractivity (Wildman–Crippen MR) is 73.1 cm³/mol. The van der Waals surface area contributed by atoms with Crippen molar-refractivity contribution in [3.8, 4) is 0 Å². The molecule has 18 heavy (non-hydrogen) atoms. The molecule has 1 aromatic rings. The van der Waals surface area contributed by atoms with Gasteiger partial charge in [0.2, 0.25) is 0 Å². The number of nitrogens with zero attached hydrogens (tertiary/aromatic N) is 1. The SMILES string of the molecule is Cc1ccc(Cl)c(NS(=O)(=O)N(C)CCCO)c1. The molecule has 0 fully saturated rings. The second-order valence-corrected chi connectivity index (χ2v) is 6.17. The third-order valence-corrected chi connectivity index (χ3v) is 4.21. The Morgan fingerprint density at radius 2 is 2.11 bits per heavy atom. The maximum absolute atomic E-state index is 11.9. The van der Waals surface area contributed by atoms with Gasteiger partial charge in [-0.1, -0.05) is 17.7 Å². The summed E-state index contributed by atoms with van der Waals surface area (Å²) >= 11 is 5.93. The molecule has 0 spiro atoms. The number of benzene rings is 1. The number of anilines is 1. The largest absolute Gasteiger partial charge is 0.396 e. The molecule has 102 valence electrons. The van der Waals surface area contributed by atoms with Crippen molar-refractivity contribution in [3.63, 3.8) is 0 Å². The Bertz CT molecular complexity index is 505. The molecule has 0 saturated carbocycles. The van der Waals surface area contributed by atoms with Crippen LogP contribution in [-0.4, -0.2) is 38.0 Å². The number of hydrogen-bond acceptors (Lipinski definition) is 3. The van der Waals surface area contributed by atoms with Crippen molar-refractivity contribution in [1.82, 2.24) is 4.31 Å². The van der Waals surface area contributed by atoms with Crippen LogP contribution in [0.2, 0.25) is 5.02 Å². The highest BCUT2D eigenvalue weighted by Crippen LogP contribution is 2.24. The number of nitrogens with one attached hydrogen (secondary N) is 1. The molecule has 1 aromatic carbocycles. The summed E-state index contributed by atoms with van der Waals surface area (Å²) in [6.45, 7) is 2.05. The van der Waals surface area contributed by atoms with Gasteiger partial charge >= 0.3 is 10.2 Å². The maximum Gasteiger partial charge on any atom is 0.301 e. The van der Waals surface area contributed by atoms with Crippen LogP contribution in [0.25, 0.3) is 0 Å². The zero-order valence-electron chi connectivity index (χ0n) is 10.4. The lowest BCUT2D eigenvalue weighted by molar-refractivity contribution is 0.276. The summed E-state index contributed by atoms with van der Waals surface area (Å²) in [5.41, 5.74) is 1.27. The van der Waals surface area contributed by atoms with Gasteiger partial charge < -0.3 is 5.11 Å². The average molecular weight is 293 g/mol. The Hall–Kier alpha value is -0.820. The number of rotatable bonds is 6. The highest BCUT2D eigenvalue weighted by atomic mass is 35.5. The Morgan fingerprint density at radius 3 is 2.72 bits per heavy atom. The Morgan fingerprint density at radius 1 is 1.44 bits per heavy atom. The standard InChI is InChI=1S/C11H17ClN2O3S/c1-9-4-5-10(12)11(8-9)13-18(16,17)14(2)6-3-7-15/h4-5,8,13,15H,3,6-7H2,1-2H3. The van der Waals surface area contributed by atoms with Gasteiger partial charge in [0.25, 0.3) is 0 Å². The Kier molecular flexibility index (Phi) is 5.40. The van der Waals surface area contributed by atoms with Crippen molar-refractivity contribution in [3.05, 3.63) is 28.8 Å². The fourth-order valence-corrected chi connectivity index (χ4v) is 2.54. The lowest BCUT2D eigenvalue weighted by Crippen LogP contribution is -2.33. The summed E-state index contributed by atoms with van der Waals surface area (Å²) < 4.78 is 27.4. The van der Waals surface area contributed by atoms with E-state index in [0.29, 0.717) is 17.1 Å². The van der Waals surface area contributed by atoms with Crippen LogP contribution in [0, 0.1) is 6.92 Å². The Balaban J connectivity index is 2.85. The monoisotopic (exact) mass is 292 g/mol. The predicted octanol–water partition coefficient (Wildman–Crippen LogP) is 1.62. The molecule has 0 bridgehead atoms. The first kappa shape index (κ1) is 15.2. The fraction of sp³-hybridized carbons (Fsp3) is 0.455. The number of aliphatic hydroxyl groups excluding tert-OH is 1. The second-order valence-electron chi connectivity index (χ2n) is 3.99. The van der Waals surface area contributed by atoms with Crippen molar-refractivity contribution in [2.75, 3.05) is 24.9 Å². The van der Waals surface area contributed by atoms with Gasteiger partial charge in [-0.25, -0.2) is 0 Å². The number of hydrogen-bond donors (Lipinski definition) is 2. The molecule has 0 saturated heterocycles. The van der Waals surface area contributed by atoms with Gasteiger partial charge in [-0.2, -0.15) is 12.7 Å². The molecule has 0 aliphatic carbocycles. The molecule has 0 radical (unpaired) electrons. The minimum Gasteiger partial charge on any atom is -0.396 e. The van der Waals surface area contributed by atoms with E-state index in [9.17, 15) is 8.42 Å². The molecule has 5 nitrogen and oxygen atoms in total. The zero-order valence-corrected chi connectivity index (χ0v) is 11.9. The van der Waals surface area contributed by atoms with Gasteiger partial charge in [-0.15, -0.1) is 0 Å². The topological polar surface area (TPSA) is 69.6 Å². The first-order valence-corrected chi connectivity index (χ1v) is 7.29. The highest BCUT2D eigenvalue weighted by Gasteiger charge is 2.18. The van der Waals surface area contributed by atoms with Crippen molar-refractivity contribution in [1.29, 1.82) is 0 Å². The summed E-state index contributed by atoms with van der Waals surface area (Å²) in [4.78, 5) is 0. The van der Waals surface area contributed by atoms with Gasteiger partial charge in [0.15, 0.2) is 0 Å². The lowest BCUT2D eigenvalue weighted by Gasteiger charge is -2.18. The molecule has 2 N–H and O–H groups in total. The third kappa shape index (κ3) is 4.13. The van der Waals surface area contributed by atoms with E-state index in [0.717, 1.165) is 9.87 Å². The molecule has 0 aliphatic rings. The van der Waals surface area contributed by atoms with Crippen LogP contribution < -0.4 is 4.72 Å². The normalized spacial score (nSPS) is 11.8. The molecule has 0 unspecified atom stereocenters. The maximum atomic E-state index is 11.9. The summed E-state index contributed by atoms with van der Waals surface area (Å²) in [5.74, 6) is 0. The van der Waals surface area contributed by atoms with E-state index in [1.54, 1.807) is 18.2 Å². The van der Waals surface area contributed by atoms with Crippen LogP contribution in [-0.2, 0) is 10.2 Å². The van der Waals surface area contributed by atoms with Crippen molar-refractivity contribution < 1.29 is 13.5 Å². The van der Waals surface area contributed by atoms with E-state index >= 15 is 0 Å².